The molecule has 0 spiro atoms. The number of carbonyl (C=O) groups excluding carboxylic acids is 2. The van der Waals surface area contributed by atoms with Crippen molar-refractivity contribution in [2.45, 2.75) is 32.7 Å². The van der Waals surface area contributed by atoms with Gasteiger partial charge >= 0.3 is 0 Å². The van der Waals surface area contributed by atoms with E-state index >= 15 is 0 Å². The van der Waals surface area contributed by atoms with Gasteiger partial charge in [-0.05, 0) is 81.9 Å². The summed E-state index contributed by atoms with van der Waals surface area (Å²) in [4.78, 5) is 29.8. The van der Waals surface area contributed by atoms with Gasteiger partial charge in [-0.1, -0.05) is 19.1 Å². The smallest absolute Gasteiger partial charge is 0.295 e. The number of ketones is 1. The van der Waals surface area contributed by atoms with E-state index in [0.29, 0.717) is 36.6 Å². The Balaban J connectivity index is 2.07. The van der Waals surface area contributed by atoms with Crippen molar-refractivity contribution in [1.29, 1.82) is 0 Å². The van der Waals surface area contributed by atoms with Crippen molar-refractivity contribution in [3.63, 3.8) is 0 Å². The number of carbonyl (C=O) groups is 2. The van der Waals surface area contributed by atoms with E-state index in [-0.39, 0.29) is 11.3 Å². The third-order valence-corrected chi connectivity index (χ3v) is 5.90. The summed E-state index contributed by atoms with van der Waals surface area (Å²) in [6.45, 7) is 5.66. The second kappa shape index (κ2) is 11.2. The number of likely N-dealkylation sites (tertiary alicyclic amines) is 1. The number of nitrogens with zero attached hydrogens (tertiary/aromatic N) is 2. The van der Waals surface area contributed by atoms with E-state index in [0.717, 1.165) is 24.1 Å². The van der Waals surface area contributed by atoms with Crippen LogP contribution in [-0.2, 0) is 9.59 Å². The standard InChI is InChI=1S/C27H34N2O5/c1-6-16-34-21-12-13-22(18(2)17-21)25(30)23-24(19-8-10-20(33-5)11-9-19)29(27(32)26(23)31)15-7-14-28(3)4/h8-13,17,24,30H,6-7,14-16H2,1-5H3/t24-/m1/s1. The zero-order chi connectivity index (χ0) is 24.8. The average molecular weight is 467 g/mol. The fourth-order valence-corrected chi connectivity index (χ4v) is 4.16. The molecule has 1 aliphatic heterocycles. The van der Waals surface area contributed by atoms with Crippen molar-refractivity contribution < 1.29 is 24.2 Å². The maximum atomic E-state index is 13.2. The van der Waals surface area contributed by atoms with Crippen molar-refractivity contribution >= 4 is 17.4 Å². The maximum absolute atomic E-state index is 13.2. The highest BCUT2D eigenvalue weighted by molar-refractivity contribution is 6.46. The molecule has 1 amide bonds. The molecule has 182 valence electrons. The quantitative estimate of drug-likeness (QED) is 0.322. The van der Waals surface area contributed by atoms with Gasteiger partial charge in [0, 0.05) is 12.1 Å². The van der Waals surface area contributed by atoms with E-state index < -0.39 is 17.7 Å². The van der Waals surface area contributed by atoms with Crippen LogP contribution in [0.1, 0.15) is 42.5 Å². The Morgan fingerprint density at radius 1 is 1.09 bits per heavy atom. The first-order valence-electron chi connectivity index (χ1n) is 11.6. The van der Waals surface area contributed by atoms with E-state index in [9.17, 15) is 14.7 Å². The van der Waals surface area contributed by atoms with Gasteiger partial charge in [-0.2, -0.15) is 0 Å². The Morgan fingerprint density at radius 2 is 1.76 bits per heavy atom. The molecule has 34 heavy (non-hydrogen) atoms. The molecule has 0 saturated carbocycles. The van der Waals surface area contributed by atoms with Gasteiger partial charge in [0.05, 0.1) is 25.3 Å². The van der Waals surface area contributed by atoms with Crippen LogP contribution in [0.15, 0.2) is 48.0 Å². The molecule has 1 aliphatic rings. The number of amides is 1. The van der Waals surface area contributed by atoms with Crippen molar-refractivity contribution in [3.05, 3.63) is 64.7 Å². The molecule has 2 aromatic carbocycles. The van der Waals surface area contributed by atoms with Gasteiger partial charge < -0.3 is 24.4 Å². The molecule has 0 unspecified atom stereocenters. The lowest BCUT2D eigenvalue weighted by Crippen LogP contribution is -2.32. The highest BCUT2D eigenvalue weighted by Crippen LogP contribution is 2.40. The number of ether oxygens (including phenoxy) is 2. The van der Waals surface area contributed by atoms with Gasteiger partial charge in [-0.15, -0.1) is 0 Å². The summed E-state index contributed by atoms with van der Waals surface area (Å²) in [5.74, 6) is -0.0667. The Kier molecular flexibility index (Phi) is 8.34. The highest BCUT2D eigenvalue weighted by Gasteiger charge is 2.45. The Bertz CT molecular complexity index is 1060. The first kappa shape index (κ1) is 25.3. The molecule has 7 nitrogen and oxygen atoms in total. The second-order valence-corrected chi connectivity index (χ2v) is 8.75. The van der Waals surface area contributed by atoms with Gasteiger partial charge in [0.25, 0.3) is 11.7 Å². The van der Waals surface area contributed by atoms with Crippen molar-refractivity contribution in [3.8, 4) is 11.5 Å². The minimum absolute atomic E-state index is 0.102. The van der Waals surface area contributed by atoms with Crippen LogP contribution in [0.5, 0.6) is 11.5 Å². The minimum Gasteiger partial charge on any atom is -0.507 e. The summed E-state index contributed by atoms with van der Waals surface area (Å²) >= 11 is 0. The molecule has 0 aliphatic carbocycles. The second-order valence-electron chi connectivity index (χ2n) is 8.75. The highest BCUT2D eigenvalue weighted by atomic mass is 16.5. The molecule has 3 rings (SSSR count). The molecular formula is C27H34N2O5. The van der Waals surface area contributed by atoms with Crippen molar-refractivity contribution in [1.82, 2.24) is 9.80 Å². The number of hydrogen-bond acceptors (Lipinski definition) is 6. The maximum Gasteiger partial charge on any atom is 0.295 e. The molecule has 1 atom stereocenters. The monoisotopic (exact) mass is 466 g/mol. The summed E-state index contributed by atoms with van der Waals surface area (Å²) in [7, 11) is 5.51. The van der Waals surface area contributed by atoms with Crippen LogP contribution >= 0.6 is 0 Å². The van der Waals surface area contributed by atoms with E-state index in [1.807, 2.05) is 51.0 Å². The van der Waals surface area contributed by atoms with E-state index in [2.05, 4.69) is 0 Å². The van der Waals surface area contributed by atoms with Crippen molar-refractivity contribution in [2.24, 2.45) is 0 Å². The topological polar surface area (TPSA) is 79.3 Å². The van der Waals surface area contributed by atoms with E-state index in [1.165, 1.54) is 0 Å². The SMILES string of the molecule is CCCOc1ccc(C(O)=C2C(=O)C(=O)N(CCCN(C)C)[C@@H]2c2ccc(OC)cc2)c(C)c1. The number of rotatable bonds is 10. The van der Waals surface area contributed by atoms with Crippen LogP contribution in [0.3, 0.4) is 0 Å². The zero-order valence-electron chi connectivity index (χ0n) is 20.6. The Hall–Kier alpha value is -3.32. The number of methoxy groups -OCH3 is 1. The summed E-state index contributed by atoms with van der Waals surface area (Å²) in [5.41, 5.74) is 2.12. The zero-order valence-corrected chi connectivity index (χ0v) is 20.6. The molecular weight excluding hydrogens is 432 g/mol. The largest absolute Gasteiger partial charge is 0.507 e. The summed E-state index contributed by atoms with van der Waals surface area (Å²) in [6, 6.07) is 11.9. The number of hydrogen-bond donors (Lipinski definition) is 1. The lowest BCUT2D eigenvalue weighted by molar-refractivity contribution is -0.139. The number of aliphatic hydroxyl groups is 1. The molecule has 0 bridgehead atoms. The predicted molar refractivity (Wildman–Crippen MR) is 132 cm³/mol. The third-order valence-electron chi connectivity index (χ3n) is 5.90. The summed E-state index contributed by atoms with van der Waals surface area (Å²) in [6.07, 6.45) is 1.59. The average Bonchev–Trinajstić information content (AvgIpc) is 3.07. The molecule has 0 aromatic heterocycles. The van der Waals surface area contributed by atoms with E-state index in [4.69, 9.17) is 9.47 Å². The lowest BCUT2D eigenvalue weighted by atomic mass is 9.93. The van der Waals surface area contributed by atoms with Crippen LogP contribution in [0.4, 0.5) is 0 Å². The van der Waals surface area contributed by atoms with Crippen LogP contribution in [-0.4, -0.2) is 67.5 Å². The first-order valence-corrected chi connectivity index (χ1v) is 11.6. The first-order chi connectivity index (χ1) is 16.3. The Morgan fingerprint density at radius 3 is 2.35 bits per heavy atom. The number of aliphatic hydroxyl groups excluding tert-OH is 1. The number of Topliss-reactive ketones (excluding diaryl/α,β-unsaturated/α-hetero) is 1. The number of aryl methyl sites for hydroxylation is 1. The molecule has 1 saturated heterocycles. The van der Waals surface area contributed by atoms with Gasteiger partial charge in [-0.3, -0.25) is 9.59 Å². The van der Waals surface area contributed by atoms with Gasteiger partial charge in [0.1, 0.15) is 17.3 Å². The fraction of sp³-hybridized carbons (Fsp3) is 0.407. The van der Waals surface area contributed by atoms with Crippen molar-refractivity contribution in [2.75, 3.05) is 40.9 Å². The minimum atomic E-state index is -0.677. The lowest BCUT2D eigenvalue weighted by Gasteiger charge is -2.26. The number of benzene rings is 2. The Labute approximate surface area is 201 Å². The molecule has 1 fully saturated rings. The van der Waals surface area contributed by atoms with Crippen LogP contribution in [0.2, 0.25) is 0 Å². The molecule has 7 heteroatoms. The summed E-state index contributed by atoms with van der Waals surface area (Å²) < 4.78 is 10.9. The molecule has 2 aromatic rings. The van der Waals surface area contributed by atoms with Crippen LogP contribution in [0.25, 0.3) is 5.76 Å². The normalized spacial score (nSPS) is 17.5. The predicted octanol–water partition coefficient (Wildman–Crippen LogP) is 4.17. The van der Waals surface area contributed by atoms with Crippen LogP contribution in [0, 0.1) is 6.92 Å². The molecule has 1 N–H and O–H groups in total. The molecule has 1 heterocycles. The fourth-order valence-electron chi connectivity index (χ4n) is 4.16. The van der Waals surface area contributed by atoms with E-state index in [1.54, 1.807) is 36.3 Å². The molecule has 0 radical (unpaired) electrons. The van der Waals surface area contributed by atoms with Gasteiger partial charge in [0.15, 0.2) is 0 Å². The summed E-state index contributed by atoms with van der Waals surface area (Å²) in [5, 5.41) is 11.3. The van der Waals surface area contributed by atoms with Crippen LogP contribution < -0.4 is 9.47 Å². The third kappa shape index (κ3) is 5.42. The van der Waals surface area contributed by atoms with Gasteiger partial charge in [-0.25, -0.2) is 0 Å². The van der Waals surface area contributed by atoms with Gasteiger partial charge in [0.2, 0.25) is 0 Å².